The van der Waals surface area contributed by atoms with Gasteiger partial charge in [-0.2, -0.15) is 0 Å². The van der Waals surface area contributed by atoms with Crippen LogP contribution in [0.2, 0.25) is 0 Å². The smallest absolute Gasteiger partial charge is 0.0861 e. The monoisotopic (exact) mass is 356 g/mol. The molecule has 4 aliphatic carbocycles. The number of fused-ring (bicyclic) bond motifs is 5. The first-order valence-corrected chi connectivity index (χ1v) is 9.71. The van der Waals surface area contributed by atoms with E-state index in [2.05, 4.69) is 0 Å². The highest BCUT2D eigenvalue weighted by atomic mass is 16.3. The van der Waals surface area contributed by atoms with Gasteiger partial charge in [0.2, 0.25) is 0 Å². The average molecular weight is 356 g/mol. The quantitative estimate of drug-likeness (QED) is 0.352. The fourth-order valence-corrected chi connectivity index (χ4v) is 7.42. The van der Waals surface area contributed by atoms with E-state index < -0.39 is 53.4 Å². The molecule has 0 aromatic carbocycles. The van der Waals surface area contributed by atoms with Gasteiger partial charge in [-0.25, -0.2) is 0 Å². The molecule has 6 nitrogen and oxygen atoms in total. The lowest BCUT2D eigenvalue weighted by Gasteiger charge is -2.65. The maximum Gasteiger partial charge on any atom is 0.0861 e. The minimum atomic E-state index is -1.14. The minimum Gasteiger partial charge on any atom is -0.393 e. The van der Waals surface area contributed by atoms with Crippen LogP contribution < -0.4 is 0 Å². The van der Waals surface area contributed by atoms with Crippen molar-refractivity contribution in [2.45, 2.75) is 82.6 Å². The Kier molecular flexibility index (Phi) is 4.08. The van der Waals surface area contributed by atoms with Crippen LogP contribution in [0.25, 0.3) is 0 Å². The van der Waals surface area contributed by atoms with E-state index in [1.165, 1.54) is 0 Å². The lowest BCUT2D eigenvalue weighted by Crippen LogP contribution is -2.70. The van der Waals surface area contributed by atoms with Crippen LogP contribution >= 0.6 is 0 Å². The fraction of sp³-hybridized carbons (Fsp3) is 1.00. The second-order valence-electron chi connectivity index (χ2n) is 9.69. The molecule has 0 aliphatic heterocycles. The highest BCUT2D eigenvalue weighted by molar-refractivity contribution is 5.17. The van der Waals surface area contributed by atoms with Crippen LogP contribution in [0.1, 0.15) is 46.0 Å². The van der Waals surface area contributed by atoms with Gasteiger partial charge >= 0.3 is 0 Å². The molecule has 6 heteroatoms. The molecule has 4 fully saturated rings. The number of hydrogen-bond donors (Lipinski definition) is 6. The van der Waals surface area contributed by atoms with Crippen LogP contribution in [0.15, 0.2) is 0 Å². The number of aliphatic hydroxyl groups is 6. The van der Waals surface area contributed by atoms with E-state index in [4.69, 9.17) is 0 Å². The van der Waals surface area contributed by atoms with Crippen LogP contribution in [0.5, 0.6) is 0 Å². The summed E-state index contributed by atoms with van der Waals surface area (Å²) in [4.78, 5) is 0. The summed E-state index contributed by atoms with van der Waals surface area (Å²) in [6.45, 7) is 3.97. The molecule has 25 heavy (non-hydrogen) atoms. The summed E-state index contributed by atoms with van der Waals surface area (Å²) in [5, 5.41) is 64.0. The molecule has 0 amide bonds. The zero-order chi connectivity index (χ0) is 18.3. The second kappa shape index (κ2) is 5.63. The summed E-state index contributed by atoms with van der Waals surface area (Å²) in [6, 6.07) is 0. The van der Waals surface area contributed by atoms with Crippen molar-refractivity contribution in [3.8, 4) is 0 Å². The molecule has 0 saturated heterocycles. The second-order valence-corrected chi connectivity index (χ2v) is 9.69. The molecule has 4 rings (SSSR count). The molecule has 4 unspecified atom stereocenters. The van der Waals surface area contributed by atoms with Crippen molar-refractivity contribution < 1.29 is 30.6 Å². The van der Waals surface area contributed by atoms with Crippen LogP contribution in [-0.2, 0) is 0 Å². The van der Waals surface area contributed by atoms with Crippen LogP contribution in [0.3, 0.4) is 0 Å². The molecule has 0 radical (unpaired) electrons. The SMILES string of the molecule is C[C@]12CC[C@@H](O)[C@H](O)C1[C@@H](O)[C@H](O)C1C2[C@H](O)C[C@@]2(C)C1CC[C@@H]2O. The molecule has 0 bridgehead atoms. The topological polar surface area (TPSA) is 121 Å². The van der Waals surface area contributed by atoms with Gasteiger partial charge in [0, 0.05) is 5.92 Å². The van der Waals surface area contributed by atoms with Gasteiger partial charge in [0.1, 0.15) is 0 Å². The van der Waals surface area contributed by atoms with E-state index in [1.54, 1.807) is 0 Å². The Balaban J connectivity index is 1.78. The summed E-state index contributed by atoms with van der Waals surface area (Å²) in [5.74, 6) is -1.16. The van der Waals surface area contributed by atoms with Gasteiger partial charge in [-0.1, -0.05) is 13.8 Å². The Morgan fingerprint density at radius 1 is 0.680 bits per heavy atom. The summed E-state index contributed by atoms with van der Waals surface area (Å²) in [6.07, 6.45) is -2.46. The lowest BCUT2D eigenvalue weighted by atomic mass is 9.42. The van der Waals surface area contributed by atoms with Gasteiger partial charge in [0.05, 0.1) is 36.6 Å². The third kappa shape index (κ3) is 2.18. The summed E-state index contributed by atoms with van der Waals surface area (Å²) in [5.41, 5.74) is -0.993. The zero-order valence-corrected chi connectivity index (χ0v) is 15.0. The molecular weight excluding hydrogens is 324 g/mol. The van der Waals surface area contributed by atoms with E-state index in [1.807, 2.05) is 13.8 Å². The molecule has 12 atom stereocenters. The molecule has 6 N–H and O–H groups in total. The van der Waals surface area contributed by atoms with Crippen LogP contribution in [0, 0.1) is 34.5 Å². The Bertz CT molecular complexity index is 542. The van der Waals surface area contributed by atoms with E-state index >= 15 is 0 Å². The van der Waals surface area contributed by atoms with Crippen LogP contribution in [-0.4, -0.2) is 67.3 Å². The molecule has 4 saturated carbocycles. The van der Waals surface area contributed by atoms with Crippen molar-refractivity contribution in [3.05, 3.63) is 0 Å². The van der Waals surface area contributed by atoms with Crippen molar-refractivity contribution in [2.24, 2.45) is 34.5 Å². The molecular formula is C19H32O6. The van der Waals surface area contributed by atoms with Crippen molar-refractivity contribution >= 4 is 0 Å². The maximum atomic E-state index is 11.0. The highest BCUT2D eigenvalue weighted by Gasteiger charge is 2.68. The first kappa shape index (κ1) is 18.1. The first-order valence-electron chi connectivity index (χ1n) is 9.71. The first-order chi connectivity index (χ1) is 11.6. The lowest BCUT2D eigenvalue weighted by molar-refractivity contribution is -0.272. The van der Waals surface area contributed by atoms with E-state index in [-0.39, 0.29) is 17.8 Å². The van der Waals surface area contributed by atoms with Gasteiger partial charge in [0.25, 0.3) is 0 Å². The van der Waals surface area contributed by atoms with Gasteiger partial charge in [-0.15, -0.1) is 0 Å². The van der Waals surface area contributed by atoms with Gasteiger partial charge in [-0.05, 0) is 60.7 Å². The molecule has 0 aromatic rings. The predicted octanol–water partition coefficient (Wildman–Crippen LogP) is -0.366. The Hall–Kier alpha value is -0.240. The number of rotatable bonds is 0. The Morgan fingerprint density at radius 2 is 1.36 bits per heavy atom. The molecule has 0 aromatic heterocycles. The largest absolute Gasteiger partial charge is 0.393 e. The predicted molar refractivity (Wildman–Crippen MR) is 89.3 cm³/mol. The minimum absolute atomic E-state index is 0.0438. The van der Waals surface area contributed by atoms with Gasteiger partial charge in [-0.3, -0.25) is 0 Å². The zero-order valence-electron chi connectivity index (χ0n) is 15.0. The maximum absolute atomic E-state index is 11.0. The van der Waals surface area contributed by atoms with E-state index in [0.717, 1.165) is 6.42 Å². The fourth-order valence-electron chi connectivity index (χ4n) is 7.42. The van der Waals surface area contributed by atoms with Crippen molar-refractivity contribution in [1.29, 1.82) is 0 Å². The Labute approximate surface area is 148 Å². The van der Waals surface area contributed by atoms with Gasteiger partial charge in [0.15, 0.2) is 0 Å². The van der Waals surface area contributed by atoms with Gasteiger partial charge < -0.3 is 30.6 Å². The van der Waals surface area contributed by atoms with Crippen molar-refractivity contribution in [2.75, 3.05) is 0 Å². The molecule has 144 valence electrons. The van der Waals surface area contributed by atoms with Crippen LogP contribution in [0.4, 0.5) is 0 Å². The number of hydrogen-bond acceptors (Lipinski definition) is 6. The van der Waals surface area contributed by atoms with Crippen molar-refractivity contribution in [1.82, 2.24) is 0 Å². The summed E-state index contributed by atoms with van der Waals surface area (Å²) >= 11 is 0. The standard InChI is InChI=1S/C19H32O6/c1-18-6-5-9(20)15(23)14(18)17(25)16(24)12-8-3-4-11(22)19(8,2)7-10(21)13(12)18/h8-17,20-25H,3-7H2,1-2H3/t8?,9-,10-,11+,12?,13?,14?,15+,16-,17-,18-,19+/m1/s1. The normalized spacial score (nSPS) is 64.3. The molecule has 0 spiro atoms. The Morgan fingerprint density at radius 3 is 2.04 bits per heavy atom. The number of aliphatic hydroxyl groups excluding tert-OH is 6. The summed E-state index contributed by atoms with van der Waals surface area (Å²) in [7, 11) is 0. The average Bonchev–Trinajstić information content (AvgIpc) is 2.83. The van der Waals surface area contributed by atoms with Crippen molar-refractivity contribution in [3.63, 3.8) is 0 Å². The third-order valence-corrected chi connectivity index (χ3v) is 8.68. The van der Waals surface area contributed by atoms with E-state index in [9.17, 15) is 30.6 Å². The van der Waals surface area contributed by atoms with E-state index in [0.29, 0.717) is 25.7 Å². The molecule has 0 heterocycles. The molecule has 4 aliphatic rings. The third-order valence-electron chi connectivity index (χ3n) is 8.68. The summed E-state index contributed by atoms with van der Waals surface area (Å²) < 4.78 is 0. The highest BCUT2D eigenvalue weighted by Crippen LogP contribution is 2.66.